The fourth-order valence-corrected chi connectivity index (χ4v) is 2.26. The van der Waals surface area contributed by atoms with Crippen LogP contribution in [0.1, 0.15) is 6.42 Å². The molecule has 0 spiro atoms. The number of methoxy groups -OCH3 is 1. The van der Waals surface area contributed by atoms with Crippen molar-refractivity contribution in [3.8, 4) is 5.75 Å². The quantitative estimate of drug-likeness (QED) is 0.613. The van der Waals surface area contributed by atoms with E-state index in [0.717, 1.165) is 22.9 Å². The van der Waals surface area contributed by atoms with E-state index in [1.807, 2.05) is 42.5 Å². The highest BCUT2D eigenvalue weighted by molar-refractivity contribution is 5.88. The highest BCUT2D eigenvalue weighted by atomic mass is 16.5. The van der Waals surface area contributed by atoms with E-state index in [9.17, 15) is 9.90 Å². The number of aliphatic hydroxyl groups is 1. The van der Waals surface area contributed by atoms with Gasteiger partial charge in [-0.2, -0.15) is 0 Å². The Hall–Kier alpha value is -2.31. The smallest absolute Gasteiger partial charge is 0.314 e. The molecule has 24 heavy (non-hydrogen) atoms. The van der Waals surface area contributed by atoms with Gasteiger partial charge >= 0.3 is 6.03 Å². The average molecular weight is 332 g/mol. The first kappa shape index (κ1) is 18.0. The van der Waals surface area contributed by atoms with Crippen LogP contribution >= 0.6 is 0 Å². The van der Waals surface area contributed by atoms with Gasteiger partial charge < -0.3 is 25.2 Å². The minimum Gasteiger partial charge on any atom is -0.490 e. The van der Waals surface area contributed by atoms with Gasteiger partial charge in [0.1, 0.15) is 18.5 Å². The average Bonchev–Trinajstić information content (AvgIpc) is 2.61. The molecule has 2 amide bonds. The van der Waals surface area contributed by atoms with Crippen molar-refractivity contribution in [3.63, 3.8) is 0 Å². The van der Waals surface area contributed by atoms with Gasteiger partial charge in [-0.25, -0.2) is 4.79 Å². The maximum atomic E-state index is 11.5. The van der Waals surface area contributed by atoms with Crippen LogP contribution in [0.15, 0.2) is 42.5 Å². The molecule has 0 bridgehead atoms. The third kappa shape index (κ3) is 5.72. The molecule has 3 N–H and O–H groups in total. The van der Waals surface area contributed by atoms with Gasteiger partial charge in [0.15, 0.2) is 0 Å². The van der Waals surface area contributed by atoms with Crippen LogP contribution in [0.2, 0.25) is 0 Å². The highest BCUT2D eigenvalue weighted by Crippen LogP contribution is 2.25. The Bertz CT molecular complexity index is 642. The number of rotatable bonds is 9. The first-order valence-electron chi connectivity index (χ1n) is 8.00. The monoisotopic (exact) mass is 332 g/mol. The van der Waals surface area contributed by atoms with Gasteiger partial charge in [-0.3, -0.25) is 0 Å². The lowest BCUT2D eigenvalue weighted by atomic mass is 10.1. The van der Waals surface area contributed by atoms with Gasteiger partial charge in [-0.05, 0) is 17.9 Å². The lowest BCUT2D eigenvalue weighted by molar-refractivity contribution is 0.108. The van der Waals surface area contributed by atoms with Crippen molar-refractivity contribution >= 4 is 16.8 Å². The van der Waals surface area contributed by atoms with Crippen molar-refractivity contribution in [2.75, 3.05) is 33.4 Å². The van der Waals surface area contributed by atoms with Crippen molar-refractivity contribution in [1.29, 1.82) is 0 Å². The molecule has 0 aliphatic heterocycles. The maximum absolute atomic E-state index is 11.5. The zero-order valence-electron chi connectivity index (χ0n) is 13.8. The van der Waals surface area contributed by atoms with Crippen LogP contribution in [0.5, 0.6) is 5.75 Å². The second-order valence-electron chi connectivity index (χ2n) is 5.43. The number of hydrogen-bond donors (Lipinski definition) is 3. The Balaban J connectivity index is 1.73. The largest absolute Gasteiger partial charge is 0.490 e. The molecule has 2 aromatic carbocycles. The summed E-state index contributed by atoms with van der Waals surface area (Å²) in [7, 11) is 1.62. The summed E-state index contributed by atoms with van der Waals surface area (Å²) < 4.78 is 10.6. The maximum Gasteiger partial charge on any atom is 0.314 e. The molecule has 6 heteroatoms. The molecule has 0 saturated heterocycles. The third-order valence-corrected chi connectivity index (χ3v) is 3.49. The lowest BCUT2D eigenvalue weighted by Crippen LogP contribution is -2.41. The summed E-state index contributed by atoms with van der Waals surface area (Å²) in [5, 5.41) is 17.3. The third-order valence-electron chi connectivity index (χ3n) is 3.49. The number of amides is 2. The summed E-state index contributed by atoms with van der Waals surface area (Å²) in [6.07, 6.45) is -0.0369. The fraction of sp³-hybridized carbons (Fsp3) is 0.389. The van der Waals surface area contributed by atoms with E-state index in [0.29, 0.717) is 13.2 Å². The number of ether oxygens (including phenoxy) is 2. The number of benzene rings is 2. The summed E-state index contributed by atoms with van der Waals surface area (Å²) in [6, 6.07) is 13.4. The summed E-state index contributed by atoms with van der Waals surface area (Å²) in [5.41, 5.74) is 0. The second kappa shape index (κ2) is 9.75. The van der Waals surface area contributed by atoms with E-state index < -0.39 is 6.10 Å². The first-order valence-corrected chi connectivity index (χ1v) is 8.00. The minimum absolute atomic E-state index is 0.109. The van der Waals surface area contributed by atoms with Crippen LogP contribution in [0.25, 0.3) is 10.8 Å². The van der Waals surface area contributed by atoms with Crippen molar-refractivity contribution in [2.45, 2.75) is 12.5 Å². The predicted molar refractivity (Wildman–Crippen MR) is 93.3 cm³/mol. The van der Waals surface area contributed by atoms with Crippen molar-refractivity contribution in [3.05, 3.63) is 42.5 Å². The number of hydrogen-bond acceptors (Lipinski definition) is 4. The Kier molecular flexibility index (Phi) is 7.32. The van der Waals surface area contributed by atoms with E-state index in [4.69, 9.17) is 9.47 Å². The van der Waals surface area contributed by atoms with E-state index in [2.05, 4.69) is 10.6 Å². The SMILES string of the molecule is COCCCNC(=O)NC[C@H](O)COc1cccc2ccccc12. The molecule has 0 heterocycles. The number of aliphatic hydroxyl groups excluding tert-OH is 1. The molecule has 0 radical (unpaired) electrons. The van der Waals surface area contributed by atoms with Crippen LogP contribution in [-0.4, -0.2) is 50.7 Å². The van der Waals surface area contributed by atoms with Gasteiger partial charge in [-0.1, -0.05) is 36.4 Å². The van der Waals surface area contributed by atoms with Crippen LogP contribution in [-0.2, 0) is 4.74 Å². The minimum atomic E-state index is -0.784. The van der Waals surface area contributed by atoms with Crippen molar-refractivity contribution in [2.24, 2.45) is 0 Å². The van der Waals surface area contributed by atoms with Gasteiger partial charge in [0.05, 0.1) is 0 Å². The number of carbonyl (C=O) groups is 1. The standard InChI is InChI=1S/C18H24N2O4/c1-23-11-5-10-19-18(22)20-12-15(21)13-24-17-9-4-7-14-6-2-3-8-16(14)17/h2-4,6-9,15,21H,5,10-13H2,1H3,(H2,19,20,22)/t15-/m0/s1. The first-order chi connectivity index (χ1) is 11.7. The van der Waals surface area contributed by atoms with Gasteiger partial charge in [0, 0.05) is 32.2 Å². The van der Waals surface area contributed by atoms with Gasteiger partial charge in [-0.15, -0.1) is 0 Å². The summed E-state index contributed by atoms with van der Waals surface area (Å²) in [5.74, 6) is 0.719. The lowest BCUT2D eigenvalue weighted by Gasteiger charge is -2.15. The van der Waals surface area contributed by atoms with E-state index >= 15 is 0 Å². The summed E-state index contributed by atoms with van der Waals surface area (Å²) in [4.78, 5) is 11.5. The Labute approximate surface area is 141 Å². The molecule has 0 saturated carbocycles. The second-order valence-corrected chi connectivity index (χ2v) is 5.43. The van der Waals surface area contributed by atoms with Crippen molar-refractivity contribution in [1.82, 2.24) is 10.6 Å². The molecular formula is C18H24N2O4. The molecule has 0 fully saturated rings. The molecule has 0 unspecified atom stereocenters. The molecule has 2 rings (SSSR count). The number of fused-ring (bicyclic) bond motifs is 1. The zero-order valence-corrected chi connectivity index (χ0v) is 13.8. The Morgan fingerprint density at radius 3 is 2.79 bits per heavy atom. The van der Waals surface area contributed by atoms with Gasteiger partial charge in [0.25, 0.3) is 0 Å². The van der Waals surface area contributed by atoms with Crippen LogP contribution in [0.4, 0.5) is 4.79 Å². The molecule has 130 valence electrons. The van der Waals surface area contributed by atoms with Gasteiger partial charge in [0.2, 0.25) is 0 Å². The predicted octanol–water partition coefficient (Wildman–Crippen LogP) is 1.92. The van der Waals surface area contributed by atoms with Crippen molar-refractivity contribution < 1.29 is 19.4 Å². The van der Waals surface area contributed by atoms with Crippen LogP contribution in [0, 0.1) is 0 Å². The normalized spacial score (nSPS) is 11.9. The van der Waals surface area contributed by atoms with E-state index in [1.54, 1.807) is 7.11 Å². The number of urea groups is 1. The Morgan fingerprint density at radius 2 is 1.96 bits per heavy atom. The molecule has 0 aromatic heterocycles. The number of carbonyl (C=O) groups excluding carboxylic acids is 1. The fourth-order valence-electron chi connectivity index (χ4n) is 2.26. The summed E-state index contributed by atoms with van der Waals surface area (Å²) in [6.45, 7) is 1.36. The molecule has 0 aliphatic rings. The van der Waals surface area contributed by atoms with E-state index in [1.165, 1.54) is 0 Å². The molecule has 2 aromatic rings. The highest BCUT2D eigenvalue weighted by Gasteiger charge is 2.09. The molecule has 1 atom stereocenters. The van der Waals surface area contributed by atoms with Crippen LogP contribution < -0.4 is 15.4 Å². The van der Waals surface area contributed by atoms with Crippen LogP contribution in [0.3, 0.4) is 0 Å². The number of nitrogens with one attached hydrogen (secondary N) is 2. The molecular weight excluding hydrogens is 308 g/mol. The topological polar surface area (TPSA) is 79.8 Å². The Morgan fingerprint density at radius 1 is 1.17 bits per heavy atom. The van der Waals surface area contributed by atoms with E-state index in [-0.39, 0.29) is 19.2 Å². The molecule has 6 nitrogen and oxygen atoms in total. The summed E-state index contributed by atoms with van der Waals surface area (Å²) >= 11 is 0. The zero-order chi connectivity index (χ0) is 17.2. The molecule has 0 aliphatic carbocycles.